The zero-order valence-corrected chi connectivity index (χ0v) is 11.8. The number of aliphatic hydroxyl groups is 1. The zero-order chi connectivity index (χ0) is 13.5. The normalized spacial score (nSPS) is 12.1. The van der Waals surface area contributed by atoms with Crippen LogP contribution in [0.2, 0.25) is 0 Å². The number of rotatable bonds is 6. The first kappa shape index (κ1) is 14.0. The molecular formula is C16H18O2S. The molecule has 0 aliphatic rings. The predicted octanol–water partition coefficient (Wildman–Crippen LogP) is 3.39. The maximum atomic E-state index is 10.1. The second-order valence-electron chi connectivity index (χ2n) is 4.33. The van der Waals surface area contributed by atoms with Crippen LogP contribution in [0, 0.1) is 0 Å². The van der Waals surface area contributed by atoms with Gasteiger partial charge in [-0.2, -0.15) is 0 Å². The summed E-state index contributed by atoms with van der Waals surface area (Å²) in [6, 6.07) is 18.0. The number of thioether (sulfide) groups is 1. The van der Waals surface area contributed by atoms with Gasteiger partial charge in [-0.3, -0.25) is 0 Å². The monoisotopic (exact) mass is 274 g/mol. The molecule has 0 aliphatic carbocycles. The molecule has 0 aliphatic heterocycles. The minimum Gasteiger partial charge on any atom is -0.497 e. The van der Waals surface area contributed by atoms with Crippen molar-refractivity contribution < 1.29 is 9.84 Å². The van der Waals surface area contributed by atoms with Gasteiger partial charge in [0.15, 0.2) is 0 Å². The number of methoxy groups -OCH3 is 1. The highest BCUT2D eigenvalue weighted by Gasteiger charge is 2.07. The Morgan fingerprint density at radius 1 is 1.11 bits per heavy atom. The van der Waals surface area contributed by atoms with E-state index < -0.39 is 0 Å². The summed E-state index contributed by atoms with van der Waals surface area (Å²) in [5, 5.41) is 10.1. The van der Waals surface area contributed by atoms with Gasteiger partial charge in [0, 0.05) is 10.6 Å². The minimum absolute atomic E-state index is 0.350. The highest BCUT2D eigenvalue weighted by Crippen LogP contribution is 2.20. The molecule has 2 rings (SSSR count). The number of aliphatic hydroxyl groups excluding tert-OH is 1. The number of benzene rings is 2. The van der Waals surface area contributed by atoms with E-state index in [1.54, 1.807) is 18.9 Å². The third kappa shape index (κ3) is 4.62. The van der Waals surface area contributed by atoms with E-state index in [-0.39, 0.29) is 6.10 Å². The molecule has 1 atom stereocenters. The van der Waals surface area contributed by atoms with Crippen LogP contribution in [0.1, 0.15) is 5.56 Å². The first-order valence-corrected chi connectivity index (χ1v) is 7.25. The van der Waals surface area contributed by atoms with Crippen molar-refractivity contribution >= 4 is 11.8 Å². The second-order valence-corrected chi connectivity index (χ2v) is 5.43. The quantitative estimate of drug-likeness (QED) is 0.819. The standard InChI is InChI=1S/C16H18O2S/c1-18-15-7-5-6-13(11-15)10-14(17)12-19-16-8-3-2-4-9-16/h2-9,11,14,17H,10,12H2,1H3. The Balaban J connectivity index is 1.85. The third-order valence-corrected chi connectivity index (χ3v) is 3.95. The molecule has 0 saturated heterocycles. The molecule has 100 valence electrons. The van der Waals surface area contributed by atoms with Crippen LogP contribution in [-0.2, 0) is 6.42 Å². The summed E-state index contributed by atoms with van der Waals surface area (Å²) in [5.74, 6) is 1.53. The van der Waals surface area contributed by atoms with Crippen LogP contribution in [-0.4, -0.2) is 24.1 Å². The van der Waals surface area contributed by atoms with Gasteiger partial charge in [0.2, 0.25) is 0 Å². The molecule has 0 radical (unpaired) electrons. The molecule has 0 fully saturated rings. The lowest BCUT2D eigenvalue weighted by molar-refractivity contribution is 0.200. The summed E-state index contributed by atoms with van der Waals surface area (Å²) in [6.07, 6.45) is 0.300. The van der Waals surface area contributed by atoms with E-state index in [9.17, 15) is 5.11 Å². The molecule has 2 nitrogen and oxygen atoms in total. The van der Waals surface area contributed by atoms with Crippen molar-refractivity contribution in [2.75, 3.05) is 12.9 Å². The van der Waals surface area contributed by atoms with E-state index in [1.165, 1.54) is 4.90 Å². The van der Waals surface area contributed by atoms with Crippen molar-refractivity contribution in [3.8, 4) is 5.75 Å². The Morgan fingerprint density at radius 3 is 2.63 bits per heavy atom. The highest BCUT2D eigenvalue weighted by molar-refractivity contribution is 7.99. The van der Waals surface area contributed by atoms with Gasteiger partial charge in [-0.15, -0.1) is 11.8 Å². The molecular weight excluding hydrogens is 256 g/mol. The van der Waals surface area contributed by atoms with Crippen LogP contribution in [0.3, 0.4) is 0 Å². The van der Waals surface area contributed by atoms with Gasteiger partial charge in [0.05, 0.1) is 13.2 Å². The summed E-state index contributed by atoms with van der Waals surface area (Å²) in [7, 11) is 1.65. The molecule has 0 heterocycles. The Bertz CT molecular complexity index is 499. The van der Waals surface area contributed by atoms with Gasteiger partial charge in [0.1, 0.15) is 5.75 Å². The highest BCUT2D eigenvalue weighted by atomic mass is 32.2. The lowest BCUT2D eigenvalue weighted by Gasteiger charge is -2.11. The lowest BCUT2D eigenvalue weighted by Crippen LogP contribution is -2.13. The van der Waals surface area contributed by atoms with Crippen LogP contribution in [0.15, 0.2) is 59.5 Å². The molecule has 0 saturated carbocycles. The molecule has 0 bridgehead atoms. The predicted molar refractivity (Wildman–Crippen MR) is 79.9 cm³/mol. The van der Waals surface area contributed by atoms with Gasteiger partial charge in [-0.25, -0.2) is 0 Å². The molecule has 0 amide bonds. The van der Waals surface area contributed by atoms with Gasteiger partial charge >= 0.3 is 0 Å². The molecule has 1 unspecified atom stereocenters. The topological polar surface area (TPSA) is 29.5 Å². The maximum Gasteiger partial charge on any atom is 0.119 e. The molecule has 0 spiro atoms. The first-order valence-electron chi connectivity index (χ1n) is 6.27. The Kier molecular flexibility index (Phi) is 5.31. The average molecular weight is 274 g/mol. The lowest BCUT2D eigenvalue weighted by atomic mass is 10.1. The van der Waals surface area contributed by atoms with Crippen molar-refractivity contribution in [2.45, 2.75) is 17.4 Å². The number of ether oxygens (including phenoxy) is 1. The summed E-state index contributed by atoms with van der Waals surface area (Å²) in [5.41, 5.74) is 1.10. The van der Waals surface area contributed by atoms with Crippen molar-refractivity contribution in [1.29, 1.82) is 0 Å². The van der Waals surface area contributed by atoms with E-state index in [1.807, 2.05) is 42.5 Å². The maximum absolute atomic E-state index is 10.1. The van der Waals surface area contributed by atoms with Gasteiger partial charge in [-0.05, 0) is 36.2 Å². The summed E-state index contributed by atoms with van der Waals surface area (Å²) in [6.45, 7) is 0. The summed E-state index contributed by atoms with van der Waals surface area (Å²) < 4.78 is 5.18. The van der Waals surface area contributed by atoms with Gasteiger partial charge < -0.3 is 9.84 Å². The molecule has 2 aromatic carbocycles. The summed E-state index contributed by atoms with van der Waals surface area (Å²) in [4.78, 5) is 1.19. The SMILES string of the molecule is COc1cccc(CC(O)CSc2ccccc2)c1. The van der Waals surface area contributed by atoms with E-state index in [0.29, 0.717) is 12.2 Å². The van der Waals surface area contributed by atoms with Gasteiger partial charge in [-0.1, -0.05) is 30.3 Å². The van der Waals surface area contributed by atoms with Crippen LogP contribution in [0.5, 0.6) is 5.75 Å². The van der Waals surface area contributed by atoms with Crippen molar-refractivity contribution in [3.63, 3.8) is 0 Å². The van der Waals surface area contributed by atoms with Crippen molar-refractivity contribution in [1.82, 2.24) is 0 Å². The van der Waals surface area contributed by atoms with Crippen LogP contribution in [0.25, 0.3) is 0 Å². The Morgan fingerprint density at radius 2 is 1.89 bits per heavy atom. The fraction of sp³-hybridized carbons (Fsp3) is 0.250. The van der Waals surface area contributed by atoms with E-state index in [0.717, 1.165) is 11.3 Å². The molecule has 3 heteroatoms. The minimum atomic E-state index is -0.350. The third-order valence-electron chi connectivity index (χ3n) is 2.79. The smallest absolute Gasteiger partial charge is 0.119 e. The first-order chi connectivity index (χ1) is 9.28. The van der Waals surface area contributed by atoms with E-state index in [4.69, 9.17) is 4.74 Å². The molecule has 2 aromatic rings. The molecule has 19 heavy (non-hydrogen) atoms. The fourth-order valence-corrected chi connectivity index (χ4v) is 2.69. The van der Waals surface area contributed by atoms with Gasteiger partial charge in [0.25, 0.3) is 0 Å². The fourth-order valence-electron chi connectivity index (χ4n) is 1.84. The van der Waals surface area contributed by atoms with Crippen molar-refractivity contribution in [2.24, 2.45) is 0 Å². The molecule has 1 N–H and O–H groups in total. The summed E-state index contributed by atoms with van der Waals surface area (Å²) >= 11 is 1.68. The van der Waals surface area contributed by atoms with Crippen LogP contribution < -0.4 is 4.74 Å². The Labute approximate surface area is 118 Å². The second kappa shape index (κ2) is 7.22. The Hall–Kier alpha value is -1.45. The van der Waals surface area contributed by atoms with Crippen molar-refractivity contribution in [3.05, 3.63) is 60.2 Å². The number of hydrogen-bond acceptors (Lipinski definition) is 3. The van der Waals surface area contributed by atoms with E-state index >= 15 is 0 Å². The zero-order valence-electron chi connectivity index (χ0n) is 11.0. The molecule has 0 aromatic heterocycles. The van der Waals surface area contributed by atoms with Crippen LogP contribution in [0.4, 0.5) is 0 Å². The largest absolute Gasteiger partial charge is 0.497 e. The average Bonchev–Trinajstić information content (AvgIpc) is 2.46. The van der Waals surface area contributed by atoms with E-state index in [2.05, 4.69) is 12.1 Å². The van der Waals surface area contributed by atoms with Crippen LogP contribution >= 0.6 is 11.8 Å². The number of hydrogen-bond donors (Lipinski definition) is 1.